The Balaban J connectivity index is 2.17. The molecule has 0 unspecified atom stereocenters. The quantitative estimate of drug-likeness (QED) is 0.690. The first-order chi connectivity index (χ1) is 8.16. The van der Waals surface area contributed by atoms with E-state index in [1.54, 1.807) is 42.5 Å². The van der Waals surface area contributed by atoms with Gasteiger partial charge in [0.25, 0.3) is 5.91 Å². The topological polar surface area (TPSA) is 75.3 Å². The third-order valence-electron chi connectivity index (χ3n) is 2.32. The van der Waals surface area contributed by atoms with Crippen molar-refractivity contribution < 1.29 is 9.90 Å². The maximum atomic E-state index is 11.8. The maximum Gasteiger partial charge on any atom is 0.259 e. The summed E-state index contributed by atoms with van der Waals surface area (Å²) < 4.78 is 0. The molecule has 17 heavy (non-hydrogen) atoms. The van der Waals surface area contributed by atoms with E-state index in [9.17, 15) is 9.90 Å². The fraction of sp³-hybridized carbons (Fsp3) is 0. The van der Waals surface area contributed by atoms with Crippen molar-refractivity contribution in [2.75, 3.05) is 11.1 Å². The van der Waals surface area contributed by atoms with Crippen molar-refractivity contribution in [2.24, 2.45) is 0 Å². The van der Waals surface area contributed by atoms with Crippen LogP contribution >= 0.6 is 0 Å². The van der Waals surface area contributed by atoms with Crippen molar-refractivity contribution in [1.82, 2.24) is 0 Å². The molecule has 0 aromatic heterocycles. The van der Waals surface area contributed by atoms with Gasteiger partial charge in [0.1, 0.15) is 5.75 Å². The van der Waals surface area contributed by atoms with Crippen LogP contribution in [0.2, 0.25) is 0 Å². The Kier molecular flexibility index (Phi) is 2.96. The van der Waals surface area contributed by atoms with E-state index in [1.165, 1.54) is 6.07 Å². The van der Waals surface area contributed by atoms with E-state index in [-0.39, 0.29) is 17.2 Å². The van der Waals surface area contributed by atoms with Crippen LogP contribution in [0.15, 0.2) is 48.5 Å². The molecule has 2 rings (SSSR count). The summed E-state index contributed by atoms with van der Waals surface area (Å²) in [6, 6.07) is 13.2. The van der Waals surface area contributed by atoms with Crippen LogP contribution in [0.5, 0.6) is 5.75 Å². The lowest BCUT2D eigenvalue weighted by atomic mass is 10.2. The minimum atomic E-state index is -0.354. The summed E-state index contributed by atoms with van der Waals surface area (Å²) in [5, 5.41) is 12.2. The Morgan fingerprint density at radius 2 is 1.71 bits per heavy atom. The number of nitrogens with two attached hydrogens (primary N) is 1. The molecule has 4 nitrogen and oxygen atoms in total. The molecule has 0 saturated carbocycles. The number of carbonyl (C=O) groups excluding carboxylic acids is 1. The normalized spacial score (nSPS) is 9.88. The van der Waals surface area contributed by atoms with Gasteiger partial charge in [-0.2, -0.15) is 0 Å². The largest absolute Gasteiger partial charge is 0.507 e. The average Bonchev–Trinajstić information content (AvgIpc) is 2.32. The van der Waals surface area contributed by atoms with Crippen LogP contribution in [-0.4, -0.2) is 11.0 Å². The lowest BCUT2D eigenvalue weighted by molar-refractivity contribution is 0.102. The Morgan fingerprint density at radius 1 is 1.06 bits per heavy atom. The first-order valence-corrected chi connectivity index (χ1v) is 5.12. The van der Waals surface area contributed by atoms with Gasteiger partial charge in [-0.15, -0.1) is 0 Å². The molecule has 0 atom stereocenters. The highest BCUT2D eigenvalue weighted by Gasteiger charge is 2.09. The minimum absolute atomic E-state index is 0.0413. The van der Waals surface area contributed by atoms with Gasteiger partial charge in [-0.1, -0.05) is 12.1 Å². The number of benzene rings is 2. The minimum Gasteiger partial charge on any atom is -0.507 e. The molecular weight excluding hydrogens is 216 g/mol. The van der Waals surface area contributed by atoms with Gasteiger partial charge in [0.2, 0.25) is 0 Å². The lowest BCUT2D eigenvalue weighted by Gasteiger charge is -2.06. The summed E-state index contributed by atoms with van der Waals surface area (Å²) in [5.41, 5.74) is 7.04. The zero-order valence-electron chi connectivity index (χ0n) is 9.05. The molecule has 0 spiro atoms. The standard InChI is InChI=1S/C13H12N2O2/c14-9-5-7-10(8-6-9)15-13(17)11-3-1-2-4-12(11)16/h1-8,16H,14H2,(H,15,17). The summed E-state index contributed by atoms with van der Waals surface area (Å²) in [5.74, 6) is -0.395. The molecule has 0 bridgehead atoms. The lowest BCUT2D eigenvalue weighted by Crippen LogP contribution is -2.11. The van der Waals surface area contributed by atoms with Crippen LogP contribution < -0.4 is 11.1 Å². The smallest absolute Gasteiger partial charge is 0.259 e. The van der Waals surface area contributed by atoms with Gasteiger partial charge in [-0.3, -0.25) is 4.79 Å². The van der Waals surface area contributed by atoms with Gasteiger partial charge in [-0.05, 0) is 36.4 Å². The molecule has 0 heterocycles. The number of hydrogen-bond acceptors (Lipinski definition) is 3. The summed E-state index contributed by atoms with van der Waals surface area (Å²) in [4.78, 5) is 11.8. The number of nitrogen functional groups attached to an aromatic ring is 1. The molecule has 4 N–H and O–H groups in total. The van der Waals surface area contributed by atoms with E-state index in [0.717, 1.165) is 0 Å². The molecule has 1 amide bonds. The number of amides is 1. The molecule has 4 heteroatoms. The van der Waals surface area contributed by atoms with E-state index in [1.807, 2.05) is 0 Å². The third-order valence-corrected chi connectivity index (χ3v) is 2.32. The fourth-order valence-electron chi connectivity index (χ4n) is 1.43. The molecule has 2 aromatic carbocycles. The third kappa shape index (κ3) is 2.55. The summed E-state index contributed by atoms with van der Waals surface area (Å²) in [6.45, 7) is 0. The number of nitrogens with one attached hydrogen (secondary N) is 1. The van der Waals surface area contributed by atoms with E-state index < -0.39 is 0 Å². The van der Waals surface area contributed by atoms with Gasteiger partial charge in [0, 0.05) is 11.4 Å². The second-order valence-corrected chi connectivity index (χ2v) is 3.59. The van der Waals surface area contributed by atoms with Crippen molar-refractivity contribution in [3.8, 4) is 5.75 Å². The average molecular weight is 228 g/mol. The number of para-hydroxylation sites is 1. The Morgan fingerprint density at radius 3 is 2.35 bits per heavy atom. The SMILES string of the molecule is Nc1ccc(NC(=O)c2ccccc2O)cc1. The zero-order valence-corrected chi connectivity index (χ0v) is 9.05. The van der Waals surface area contributed by atoms with Gasteiger partial charge < -0.3 is 16.2 Å². The number of anilines is 2. The number of phenols is 1. The molecule has 86 valence electrons. The molecule has 0 saturated heterocycles. The number of carbonyl (C=O) groups is 1. The van der Waals surface area contributed by atoms with Crippen LogP contribution in [0.4, 0.5) is 11.4 Å². The van der Waals surface area contributed by atoms with Crippen LogP contribution in [0.1, 0.15) is 10.4 Å². The van der Waals surface area contributed by atoms with Crippen molar-refractivity contribution in [3.05, 3.63) is 54.1 Å². The van der Waals surface area contributed by atoms with Crippen LogP contribution in [0.3, 0.4) is 0 Å². The van der Waals surface area contributed by atoms with Crippen molar-refractivity contribution in [1.29, 1.82) is 0 Å². The number of aromatic hydroxyl groups is 1. The predicted molar refractivity (Wildman–Crippen MR) is 66.9 cm³/mol. The van der Waals surface area contributed by atoms with Gasteiger partial charge in [-0.25, -0.2) is 0 Å². The highest BCUT2D eigenvalue weighted by atomic mass is 16.3. The van der Waals surface area contributed by atoms with Crippen LogP contribution in [0, 0.1) is 0 Å². The fourth-order valence-corrected chi connectivity index (χ4v) is 1.43. The van der Waals surface area contributed by atoms with Crippen molar-refractivity contribution in [2.45, 2.75) is 0 Å². The highest BCUT2D eigenvalue weighted by molar-refractivity contribution is 6.06. The predicted octanol–water partition coefficient (Wildman–Crippen LogP) is 2.23. The summed E-state index contributed by atoms with van der Waals surface area (Å²) in [6.07, 6.45) is 0. The van der Waals surface area contributed by atoms with Crippen LogP contribution in [-0.2, 0) is 0 Å². The molecule has 0 aliphatic rings. The molecular formula is C13H12N2O2. The monoisotopic (exact) mass is 228 g/mol. The maximum absolute atomic E-state index is 11.8. The second-order valence-electron chi connectivity index (χ2n) is 3.59. The second kappa shape index (κ2) is 4.57. The summed E-state index contributed by atoms with van der Waals surface area (Å²) in [7, 11) is 0. The van der Waals surface area contributed by atoms with Crippen molar-refractivity contribution >= 4 is 17.3 Å². The van der Waals surface area contributed by atoms with Gasteiger partial charge >= 0.3 is 0 Å². The summed E-state index contributed by atoms with van der Waals surface area (Å²) >= 11 is 0. The first-order valence-electron chi connectivity index (χ1n) is 5.12. The van der Waals surface area contributed by atoms with E-state index in [0.29, 0.717) is 11.4 Å². The molecule has 0 aliphatic carbocycles. The molecule has 2 aromatic rings. The van der Waals surface area contributed by atoms with Gasteiger partial charge in [0.05, 0.1) is 5.56 Å². The Hall–Kier alpha value is -2.49. The van der Waals surface area contributed by atoms with E-state index in [4.69, 9.17) is 5.73 Å². The number of phenolic OH excluding ortho intramolecular Hbond substituents is 1. The number of hydrogen-bond donors (Lipinski definition) is 3. The Labute approximate surface area is 98.7 Å². The Bertz CT molecular complexity index is 535. The van der Waals surface area contributed by atoms with Crippen molar-refractivity contribution in [3.63, 3.8) is 0 Å². The number of rotatable bonds is 2. The molecule has 0 radical (unpaired) electrons. The van der Waals surface area contributed by atoms with E-state index >= 15 is 0 Å². The molecule has 0 fully saturated rings. The highest BCUT2D eigenvalue weighted by Crippen LogP contribution is 2.18. The molecule has 0 aliphatic heterocycles. The van der Waals surface area contributed by atoms with Crippen LogP contribution in [0.25, 0.3) is 0 Å². The van der Waals surface area contributed by atoms with Gasteiger partial charge in [0.15, 0.2) is 0 Å². The first kappa shape index (κ1) is 11.0. The van der Waals surface area contributed by atoms with E-state index in [2.05, 4.69) is 5.32 Å². The zero-order chi connectivity index (χ0) is 12.3.